The van der Waals surface area contributed by atoms with E-state index in [1.807, 2.05) is 0 Å². The predicted molar refractivity (Wildman–Crippen MR) is 40.3 cm³/mol. The van der Waals surface area contributed by atoms with Gasteiger partial charge in [0.2, 0.25) is 0 Å². The fourth-order valence-corrected chi connectivity index (χ4v) is 1.80. The second-order valence-corrected chi connectivity index (χ2v) is 3.81. The van der Waals surface area contributed by atoms with Crippen molar-refractivity contribution in [2.45, 2.75) is 31.7 Å². The molecule has 1 aliphatic carbocycles. The molecule has 1 atom stereocenters. The van der Waals surface area contributed by atoms with E-state index in [9.17, 15) is 4.79 Å². The maximum absolute atomic E-state index is 10.5. The van der Waals surface area contributed by atoms with Gasteiger partial charge >= 0.3 is 5.97 Å². The highest BCUT2D eigenvalue weighted by Gasteiger charge is 2.45. The van der Waals surface area contributed by atoms with Crippen molar-refractivity contribution >= 4 is 5.97 Å². The molecule has 0 aromatic heterocycles. The van der Waals surface area contributed by atoms with Crippen LogP contribution in [-0.4, -0.2) is 23.7 Å². The number of hydrogen-bond acceptors (Lipinski definition) is 2. The third-order valence-corrected chi connectivity index (χ3v) is 2.94. The van der Waals surface area contributed by atoms with E-state index in [4.69, 9.17) is 5.11 Å². The van der Waals surface area contributed by atoms with Gasteiger partial charge in [-0.15, -0.1) is 0 Å². The number of nitrogens with one attached hydrogen (secondary N) is 1. The van der Waals surface area contributed by atoms with Crippen molar-refractivity contribution in [3.63, 3.8) is 0 Å². The van der Waals surface area contributed by atoms with Crippen molar-refractivity contribution in [3.8, 4) is 0 Å². The maximum Gasteiger partial charge on any atom is 0.320 e. The van der Waals surface area contributed by atoms with Gasteiger partial charge in [0.25, 0.3) is 0 Å². The minimum atomic E-state index is -0.694. The lowest BCUT2D eigenvalue weighted by atomic mass is 9.92. The second kappa shape index (κ2) is 2.21. The monoisotopic (exact) mass is 155 g/mol. The second-order valence-electron chi connectivity index (χ2n) is 3.81. The van der Waals surface area contributed by atoms with Crippen LogP contribution in [0.5, 0.6) is 0 Å². The third kappa shape index (κ3) is 1.25. The number of piperidine rings is 1. The summed E-state index contributed by atoms with van der Waals surface area (Å²) in [6.45, 7) is 0.921. The van der Waals surface area contributed by atoms with Crippen LogP contribution in [0.15, 0.2) is 0 Å². The van der Waals surface area contributed by atoms with E-state index in [1.54, 1.807) is 0 Å². The number of aliphatic carboxylic acids is 1. The smallest absolute Gasteiger partial charge is 0.320 e. The molecule has 3 nitrogen and oxygen atoms in total. The Balaban J connectivity index is 1.89. The molecule has 1 spiro atoms. The van der Waals surface area contributed by atoms with E-state index in [2.05, 4.69) is 5.32 Å². The lowest BCUT2D eigenvalue weighted by molar-refractivity contribution is -0.140. The minimum Gasteiger partial charge on any atom is -0.480 e. The normalized spacial score (nSPS) is 33.6. The van der Waals surface area contributed by atoms with E-state index in [0.29, 0.717) is 5.41 Å². The van der Waals surface area contributed by atoms with Crippen LogP contribution in [0.25, 0.3) is 0 Å². The summed E-state index contributed by atoms with van der Waals surface area (Å²) in [4.78, 5) is 10.5. The van der Waals surface area contributed by atoms with Gasteiger partial charge in [0, 0.05) is 6.54 Å². The van der Waals surface area contributed by atoms with Gasteiger partial charge in [-0.05, 0) is 31.1 Å². The molecular formula is C8H13NO2. The Morgan fingerprint density at radius 2 is 2.18 bits per heavy atom. The number of carboxylic acid groups (broad SMARTS) is 1. The topological polar surface area (TPSA) is 49.3 Å². The Kier molecular flexibility index (Phi) is 1.42. The molecular weight excluding hydrogens is 142 g/mol. The third-order valence-electron chi connectivity index (χ3n) is 2.94. The van der Waals surface area contributed by atoms with Gasteiger partial charge in [-0.3, -0.25) is 4.79 Å². The first kappa shape index (κ1) is 7.10. The first-order chi connectivity index (χ1) is 5.22. The van der Waals surface area contributed by atoms with E-state index < -0.39 is 5.97 Å². The molecule has 1 aliphatic heterocycles. The Morgan fingerprint density at radius 1 is 1.45 bits per heavy atom. The molecule has 0 amide bonds. The van der Waals surface area contributed by atoms with Crippen molar-refractivity contribution in [2.24, 2.45) is 5.41 Å². The molecule has 11 heavy (non-hydrogen) atoms. The summed E-state index contributed by atoms with van der Waals surface area (Å²) in [5, 5.41) is 11.7. The van der Waals surface area contributed by atoms with Gasteiger partial charge in [0.05, 0.1) is 0 Å². The SMILES string of the molecule is O=C(O)[C@H]1CCC2(CC2)CN1. The van der Waals surface area contributed by atoms with Crippen LogP contribution in [0, 0.1) is 5.41 Å². The van der Waals surface area contributed by atoms with E-state index in [0.717, 1.165) is 19.4 Å². The molecule has 2 aliphatic rings. The molecule has 0 aromatic carbocycles. The quantitative estimate of drug-likeness (QED) is 0.583. The summed E-state index contributed by atoms with van der Waals surface area (Å²) >= 11 is 0. The van der Waals surface area contributed by atoms with Gasteiger partial charge in [0.1, 0.15) is 6.04 Å². The standard InChI is InChI=1S/C8H13NO2/c10-7(11)6-1-2-8(3-4-8)5-9-6/h6,9H,1-5H2,(H,10,11)/t6-/m1/s1. The predicted octanol–water partition coefficient (Wildman–Crippen LogP) is 0.603. The van der Waals surface area contributed by atoms with Crippen LogP contribution in [-0.2, 0) is 4.79 Å². The first-order valence-corrected chi connectivity index (χ1v) is 4.18. The molecule has 0 radical (unpaired) electrons. The maximum atomic E-state index is 10.5. The first-order valence-electron chi connectivity index (χ1n) is 4.18. The molecule has 2 N–H and O–H groups in total. The Labute approximate surface area is 65.8 Å². The molecule has 0 unspecified atom stereocenters. The molecule has 62 valence electrons. The van der Waals surface area contributed by atoms with Crippen LogP contribution in [0.2, 0.25) is 0 Å². The fourth-order valence-electron chi connectivity index (χ4n) is 1.80. The van der Waals surface area contributed by atoms with Gasteiger partial charge in [-0.2, -0.15) is 0 Å². The van der Waals surface area contributed by atoms with Crippen LogP contribution >= 0.6 is 0 Å². The van der Waals surface area contributed by atoms with Crippen molar-refractivity contribution in [3.05, 3.63) is 0 Å². The van der Waals surface area contributed by atoms with Gasteiger partial charge in [0.15, 0.2) is 0 Å². The molecule has 1 saturated carbocycles. The molecule has 0 aromatic rings. The van der Waals surface area contributed by atoms with Crippen LogP contribution in [0.1, 0.15) is 25.7 Å². The summed E-state index contributed by atoms with van der Waals surface area (Å²) in [6.07, 6.45) is 4.52. The molecule has 2 rings (SSSR count). The van der Waals surface area contributed by atoms with Crippen molar-refractivity contribution in [2.75, 3.05) is 6.54 Å². The molecule has 0 bridgehead atoms. The highest BCUT2D eigenvalue weighted by molar-refractivity contribution is 5.73. The highest BCUT2D eigenvalue weighted by Crippen LogP contribution is 2.50. The summed E-state index contributed by atoms with van der Waals surface area (Å²) in [6, 6.07) is -0.277. The number of carbonyl (C=O) groups is 1. The summed E-state index contributed by atoms with van der Waals surface area (Å²) in [5.74, 6) is -0.694. The van der Waals surface area contributed by atoms with E-state index >= 15 is 0 Å². The number of carboxylic acids is 1. The Hall–Kier alpha value is -0.570. The molecule has 2 fully saturated rings. The lowest BCUT2D eigenvalue weighted by Gasteiger charge is -2.26. The van der Waals surface area contributed by atoms with Crippen molar-refractivity contribution < 1.29 is 9.90 Å². The van der Waals surface area contributed by atoms with Crippen LogP contribution < -0.4 is 5.32 Å². The molecule has 1 saturated heterocycles. The average molecular weight is 155 g/mol. The fraction of sp³-hybridized carbons (Fsp3) is 0.875. The number of hydrogen-bond donors (Lipinski definition) is 2. The summed E-state index contributed by atoms with van der Waals surface area (Å²) in [5.41, 5.74) is 0.520. The van der Waals surface area contributed by atoms with Gasteiger partial charge in [-0.1, -0.05) is 0 Å². The zero-order valence-electron chi connectivity index (χ0n) is 6.47. The zero-order chi connectivity index (χ0) is 7.90. The Morgan fingerprint density at radius 3 is 2.55 bits per heavy atom. The summed E-state index contributed by atoms with van der Waals surface area (Å²) in [7, 11) is 0. The van der Waals surface area contributed by atoms with Gasteiger partial charge in [-0.25, -0.2) is 0 Å². The molecule has 3 heteroatoms. The largest absolute Gasteiger partial charge is 0.480 e. The van der Waals surface area contributed by atoms with Crippen LogP contribution in [0.4, 0.5) is 0 Å². The highest BCUT2D eigenvalue weighted by atomic mass is 16.4. The lowest BCUT2D eigenvalue weighted by Crippen LogP contribution is -2.44. The number of rotatable bonds is 1. The average Bonchev–Trinajstić information content (AvgIpc) is 2.70. The van der Waals surface area contributed by atoms with Gasteiger partial charge < -0.3 is 10.4 Å². The van der Waals surface area contributed by atoms with E-state index in [1.165, 1.54) is 12.8 Å². The minimum absolute atomic E-state index is 0.277. The summed E-state index contributed by atoms with van der Waals surface area (Å²) < 4.78 is 0. The van der Waals surface area contributed by atoms with Crippen molar-refractivity contribution in [1.82, 2.24) is 5.32 Å². The molecule has 1 heterocycles. The Bertz CT molecular complexity index is 177. The zero-order valence-corrected chi connectivity index (χ0v) is 6.47. The van der Waals surface area contributed by atoms with E-state index in [-0.39, 0.29) is 6.04 Å². The van der Waals surface area contributed by atoms with Crippen LogP contribution in [0.3, 0.4) is 0 Å². The van der Waals surface area contributed by atoms with Crippen molar-refractivity contribution in [1.29, 1.82) is 0 Å².